The second-order valence-electron chi connectivity index (χ2n) is 3.67. The molecule has 1 aromatic heterocycles. The monoisotopic (exact) mass is 331 g/mol. The van der Waals surface area contributed by atoms with Gasteiger partial charge in [-0.25, -0.2) is 22.0 Å². The lowest BCUT2D eigenvalue weighted by Crippen LogP contribution is -2.33. The Morgan fingerprint density at radius 1 is 1.74 bits per heavy atom. The predicted molar refractivity (Wildman–Crippen MR) is 73.4 cm³/mol. The predicted octanol–water partition coefficient (Wildman–Crippen LogP) is 0.612. The summed E-state index contributed by atoms with van der Waals surface area (Å²) < 4.78 is 103. The van der Waals surface area contributed by atoms with Crippen molar-refractivity contribution in [2.45, 2.75) is 39.8 Å². The zero-order valence-electron chi connectivity index (χ0n) is 16.7. The van der Waals surface area contributed by atoms with Crippen molar-refractivity contribution >= 4 is 31.2 Å². The van der Waals surface area contributed by atoms with Crippen molar-refractivity contribution < 1.29 is 26.4 Å². The molecule has 2 atom stereocenters. The van der Waals surface area contributed by atoms with Crippen molar-refractivity contribution in [1.29, 1.82) is 0 Å². The van der Waals surface area contributed by atoms with Gasteiger partial charge in [-0.2, -0.15) is 0 Å². The summed E-state index contributed by atoms with van der Waals surface area (Å²) in [5, 5.41) is 3.62. The van der Waals surface area contributed by atoms with E-state index in [1.807, 2.05) is 0 Å². The summed E-state index contributed by atoms with van der Waals surface area (Å²) >= 11 is 0.0989. The number of primary sulfonamides is 1. The highest BCUT2D eigenvalue weighted by Gasteiger charge is 2.39. The molecule has 0 aliphatic carbocycles. The Bertz CT molecular complexity index is 956. The number of thiophene rings is 1. The van der Waals surface area contributed by atoms with Crippen LogP contribution in [0, 0.1) is 0 Å². The Labute approximate surface area is 126 Å². The molecule has 6 nitrogen and oxygen atoms in total. The van der Waals surface area contributed by atoms with Gasteiger partial charge in [0.2, 0.25) is 10.0 Å². The molecule has 1 aliphatic heterocycles. The summed E-state index contributed by atoms with van der Waals surface area (Å²) in [6.45, 7) is -2.29. The first-order chi connectivity index (χ1) is 11.4. The summed E-state index contributed by atoms with van der Waals surface area (Å²) in [6, 6.07) is -1.97. The average Bonchev–Trinajstić information content (AvgIpc) is 2.90. The fourth-order valence-electron chi connectivity index (χ4n) is 1.52. The van der Waals surface area contributed by atoms with Gasteiger partial charge in [-0.1, -0.05) is 6.92 Å². The van der Waals surface area contributed by atoms with Crippen molar-refractivity contribution in [1.82, 2.24) is 5.32 Å². The average molecular weight is 331 g/mol. The lowest BCUT2D eigenvalue weighted by atomic mass is 10.1. The maximum Gasteiger partial charge on any atom is 0.247 e. The molecular weight excluding hydrogens is 308 g/mol. The first-order valence-electron chi connectivity index (χ1n) is 8.56. The van der Waals surface area contributed by atoms with Gasteiger partial charge in [-0.15, -0.1) is 11.3 Å². The Hall–Kier alpha value is -0.480. The highest BCUT2D eigenvalue weighted by molar-refractivity contribution is 7.95. The fourth-order valence-corrected chi connectivity index (χ4v) is 5.14. The number of nitrogens with one attached hydrogen (secondary N) is 1. The molecule has 2 heterocycles. The first-order valence-corrected chi connectivity index (χ1v) is 8.91. The van der Waals surface area contributed by atoms with E-state index in [4.69, 9.17) is 14.7 Å². The maximum absolute atomic E-state index is 12.9. The third kappa shape index (κ3) is 2.57. The second-order valence-corrected chi connectivity index (χ2v) is 8.60. The molecule has 0 amide bonds. The molecule has 9 heteroatoms. The summed E-state index contributed by atoms with van der Waals surface area (Å²) in [5.41, 5.74) is -0.592. The van der Waals surface area contributed by atoms with Crippen LogP contribution in [0.3, 0.4) is 0 Å². The maximum atomic E-state index is 12.9. The van der Waals surface area contributed by atoms with Gasteiger partial charge in [-0.3, -0.25) is 0 Å². The van der Waals surface area contributed by atoms with Crippen LogP contribution in [0.2, 0.25) is 0 Å². The van der Waals surface area contributed by atoms with Gasteiger partial charge >= 0.3 is 0 Å². The van der Waals surface area contributed by atoms with E-state index >= 15 is 0 Å². The number of fused-ring (bicyclic) bond motifs is 1. The number of nitrogens with two attached hydrogens (primary N) is 1. The molecule has 0 aromatic carbocycles. The lowest BCUT2D eigenvalue weighted by Gasteiger charge is -2.27. The summed E-state index contributed by atoms with van der Waals surface area (Å²) in [5.74, 6) is 0. The highest BCUT2D eigenvalue weighted by Crippen LogP contribution is 2.42. The van der Waals surface area contributed by atoms with E-state index in [0.717, 1.165) is 6.07 Å². The van der Waals surface area contributed by atoms with Gasteiger partial charge in [0.1, 0.15) is 8.42 Å². The lowest BCUT2D eigenvalue weighted by molar-refractivity contribution is 0.477. The van der Waals surface area contributed by atoms with Gasteiger partial charge < -0.3 is 5.32 Å². The number of sulfone groups is 1. The van der Waals surface area contributed by atoms with Crippen LogP contribution in [0.4, 0.5) is 0 Å². The molecule has 0 bridgehead atoms. The zero-order chi connectivity index (χ0) is 20.6. The molecule has 108 valence electrons. The van der Waals surface area contributed by atoms with Crippen LogP contribution in [0.1, 0.15) is 41.3 Å². The molecule has 2 rings (SSSR count). The van der Waals surface area contributed by atoms with Crippen LogP contribution in [-0.2, 0) is 19.9 Å². The Morgan fingerprint density at radius 3 is 2.95 bits per heavy atom. The number of sulfonamides is 1. The van der Waals surface area contributed by atoms with E-state index < -0.39 is 58.3 Å². The van der Waals surface area contributed by atoms with Crippen LogP contribution in [0.5, 0.6) is 0 Å². The molecule has 3 N–H and O–H groups in total. The van der Waals surface area contributed by atoms with Crippen molar-refractivity contribution in [2.75, 3.05) is 6.54 Å². The Balaban J connectivity index is 3.08. The molecule has 1 aromatic rings. The van der Waals surface area contributed by atoms with Gasteiger partial charge in [0.15, 0.2) is 9.84 Å². The number of rotatable bonds is 3. The number of hydrogen-bond acceptors (Lipinski definition) is 6. The van der Waals surface area contributed by atoms with Crippen molar-refractivity contribution in [3.8, 4) is 0 Å². The molecule has 0 spiro atoms. The van der Waals surface area contributed by atoms with Crippen LogP contribution in [0.25, 0.3) is 0 Å². The van der Waals surface area contributed by atoms with Gasteiger partial charge in [0.05, 0.1) is 6.60 Å². The fraction of sp³-hybridized carbons (Fsp3) is 0.600. The van der Waals surface area contributed by atoms with Crippen LogP contribution < -0.4 is 10.5 Å². The van der Waals surface area contributed by atoms with E-state index in [9.17, 15) is 16.8 Å². The third-order valence-corrected chi connectivity index (χ3v) is 6.94. The molecule has 0 unspecified atom stereocenters. The molecule has 0 radical (unpaired) electrons. The topological polar surface area (TPSA) is 106 Å². The minimum absolute atomic E-state index is 0.0832. The van der Waals surface area contributed by atoms with E-state index in [0.29, 0.717) is 0 Å². The normalized spacial score (nSPS) is 42.5. The van der Waals surface area contributed by atoms with E-state index in [1.165, 1.54) is 6.92 Å². The van der Waals surface area contributed by atoms with E-state index in [2.05, 4.69) is 5.32 Å². The minimum Gasteiger partial charge on any atom is -0.310 e. The number of hydrogen-bond donors (Lipinski definition) is 2. The van der Waals surface area contributed by atoms with Crippen LogP contribution >= 0.6 is 11.3 Å². The quantitative estimate of drug-likeness (QED) is 0.844. The van der Waals surface area contributed by atoms with Crippen molar-refractivity contribution in [3.63, 3.8) is 0 Å². The van der Waals surface area contributed by atoms with Gasteiger partial charge in [0, 0.05) is 19.8 Å². The molecular formula is C10H16N2O4S3. The summed E-state index contributed by atoms with van der Waals surface area (Å²) in [6.07, 6.45) is -3.47. The van der Waals surface area contributed by atoms with Crippen LogP contribution in [-0.4, -0.2) is 28.6 Å². The summed E-state index contributed by atoms with van der Waals surface area (Å²) in [4.78, 5) is 0. The SMILES string of the molecule is [2H]C([2H])([2H])[C@@]1([2H])C([2H])([2H])[C@]([2H])(NCC)c2cc(S(N)(=O)=O)sc2S1(=O)=O. The van der Waals surface area contributed by atoms with E-state index in [1.54, 1.807) is 0 Å². The van der Waals surface area contributed by atoms with Gasteiger partial charge in [0.25, 0.3) is 0 Å². The molecule has 0 saturated heterocycles. The van der Waals surface area contributed by atoms with E-state index in [-0.39, 0.29) is 17.9 Å². The molecule has 0 saturated carbocycles. The summed E-state index contributed by atoms with van der Waals surface area (Å²) in [7, 11) is -9.61. The molecule has 19 heavy (non-hydrogen) atoms. The van der Waals surface area contributed by atoms with Crippen molar-refractivity contribution in [3.05, 3.63) is 11.6 Å². The van der Waals surface area contributed by atoms with Crippen molar-refractivity contribution in [2.24, 2.45) is 5.14 Å². The standard InChI is InChI=1S/C10H16N2O4S3/c1-3-12-8-4-6(2)18(13,14)10-7(8)5-9(17-10)19(11,15)16/h5-6,8,12H,3-4H2,1-2H3,(H2,11,15,16)/t6-,8-/m0/s1/i2D3,4D2,6D,8D. The third-order valence-electron chi connectivity index (χ3n) is 2.33. The minimum atomic E-state index is -5.21. The smallest absolute Gasteiger partial charge is 0.247 e. The highest BCUT2D eigenvalue weighted by atomic mass is 32.3. The van der Waals surface area contributed by atoms with Gasteiger partial charge in [-0.05, 0) is 25.8 Å². The zero-order valence-corrected chi connectivity index (χ0v) is 12.2. The Kier molecular flexibility index (Phi) is 2.05. The first kappa shape index (κ1) is 8.08. The molecule has 0 fully saturated rings. The molecule has 1 aliphatic rings. The second kappa shape index (κ2) is 4.81. The van der Waals surface area contributed by atoms with Crippen LogP contribution in [0.15, 0.2) is 14.5 Å². The largest absolute Gasteiger partial charge is 0.310 e. The Morgan fingerprint density at radius 2 is 2.42 bits per heavy atom.